The molecular weight excluding hydrogens is 480 g/mol. The summed E-state index contributed by atoms with van der Waals surface area (Å²) in [6.07, 6.45) is 2.34. The van der Waals surface area contributed by atoms with Crippen molar-refractivity contribution >= 4 is 38.7 Å². The second kappa shape index (κ2) is 9.96. The average Bonchev–Trinajstić information content (AvgIpc) is 2.82. The van der Waals surface area contributed by atoms with E-state index in [-0.39, 0.29) is 11.3 Å². The highest BCUT2D eigenvalue weighted by molar-refractivity contribution is 9.10. The summed E-state index contributed by atoms with van der Waals surface area (Å²) in [7, 11) is 1.51. The Morgan fingerprint density at radius 2 is 1.70 bits per heavy atom. The first-order valence-electron chi connectivity index (χ1n) is 10.5. The van der Waals surface area contributed by atoms with Gasteiger partial charge >= 0.3 is 0 Å². The lowest BCUT2D eigenvalue weighted by atomic mass is 9.95. The van der Waals surface area contributed by atoms with Crippen molar-refractivity contribution in [1.29, 1.82) is 0 Å². The molecule has 0 N–H and O–H groups in total. The van der Waals surface area contributed by atoms with E-state index in [1.54, 1.807) is 10.8 Å². The Morgan fingerprint density at radius 3 is 2.36 bits per heavy atom. The van der Waals surface area contributed by atoms with Gasteiger partial charge in [0.2, 0.25) is 0 Å². The van der Waals surface area contributed by atoms with Crippen LogP contribution in [-0.2, 0) is 17.8 Å². The lowest BCUT2D eigenvalue weighted by molar-refractivity contribution is 0.100. The van der Waals surface area contributed by atoms with Gasteiger partial charge in [0.15, 0.2) is 5.78 Å². The van der Waals surface area contributed by atoms with Gasteiger partial charge in [0.25, 0.3) is 5.56 Å². The fourth-order valence-electron chi connectivity index (χ4n) is 4.01. The van der Waals surface area contributed by atoms with E-state index >= 15 is 0 Å². The first-order chi connectivity index (χ1) is 16.0. The number of oxime groups is 1. The summed E-state index contributed by atoms with van der Waals surface area (Å²) in [6, 6.07) is 23.2. The SMILES string of the molecule is CON=CCc1ccc(Cn2c(C(C)=O)c(-c3ccccc3)c3cc(Br)ccc3c2=O)cc1. The van der Waals surface area contributed by atoms with E-state index in [4.69, 9.17) is 4.84 Å². The van der Waals surface area contributed by atoms with Crippen LogP contribution < -0.4 is 5.56 Å². The number of hydrogen-bond acceptors (Lipinski definition) is 4. The van der Waals surface area contributed by atoms with Gasteiger partial charge in [-0.1, -0.05) is 75.7 Å². The normalized spacial score (nSPS) is 11.2. The van der Waals surface area contributed by atoms with Gasteiger partial charge in [-0.05, 0) is 40.3 Å². The van der Waals surface area contributed by atoms with Gasteiger partial charge in [-0.15, -0.1) is 0 Å². The Morgan fingerprint density at radius 1 is 1.00 bits per heavy atom. The predicted octanol–water partition coefficient (Wildman–Crippen LogP) is 5.86. The Labute approximate surface area is 200 Å². The quantitative estimate of drug-likeness (QED) is 0.180. The molecule has 0 saturated heterocycles. The van der Waals surface area contributed by atoms with Crippen LogP contribution in [0.1, 0.15) is 28.5 Å². The fraction of sp³-hybridized carbons (Fsp3) is 0.148. The molecule has 0 radical (unpaired) electrons. The Bertz CT molecular complexity index is 1390. The number of hydrogen-bond donors (Lipinski definition) is 0. The standard InChI is InChI=1S/C27H23BrN2O3/c1-18(31)26-25(21-6-4-3-5-7-21)24-16-22(28)12-13-23(24)27(32)30(26)17-20-10-8-19(9-11-20)14-15-29-33-2/h3-13,15-16H,14,17H2,1-2H3. The number of aromatic nitrogens is 1. The molecule has 0 saturated carbocycles. The number of nitrogens with zero attached hydrogens (tertiary/aromatic N) is 2. The molecule has 0 amide bonds. The van der Waals surface area contributed by atoms with Crippen LogP contribution in [0.25, 0.3) is 21.9 Å². The van der Waals surface area contributed by atoms with Crippen LogP contribution in [0.3, 0.4) is 0 Å². The number of fused-ring (bicyclic) bond motifs is 1. The predicted molar refractivity (Wildman–Crippen MR) is 136 cm³/mol. The summed E-state index contributed by atoms with van der Waals surface area (Å²) in [5.41, 5.74) is 3.90. The molecule has 4 aromatic rings. The van der Waals surface area contributed by atoms with E-state index in [1.807, 2.05) is 72.8 Å². The van der Waals surface area contributed by atoms with Gasteiger partial charge in [0.1, 0.15) is 7.11 Å². The maximum Gasteiger partial charge on any atom is 0.259 e. The summed E-state index contributed by atoms with van der Waals surface area (Å²) in [4.78, 5) is 31.2. The van der Waals surface area contributed by atoms with Gasteiger partial charge in [0.05, 0.1) is 12.2 Å². The molecule has 0 aliphatic carbocycles. The van der Waals surface area contributed by atoms with Gasteiger partial charge in [-0.3, -0.25) is 14.2 Å². The van der Waals surface area contributed by atoms with Gasteiger partial charge < -0.3 is 4.84 Å². The minimum absolute atomic E-state index is 0.153. The highest BCUT2D eigenvalue weighted by atomic mass is 79.9. The summed E-state index contributed by atoms with van der Waals surface area (Å²) >= 11 is 3.52. The Kier molecular flexibility index (Phi) is 6.84. The monoisotopic (exact) mass is 502 g/mol. The highest BCUT2D eigenvalue weighted by Gasteiger charge is 2.21. The van der Waals surface area contributed by atoms with E-state index in [1.165, 1.54) is 14.0 Å². The van der Waals surface area contributed by atoms with Gasteiger partial charge in [-0.25, -0.2) is 0 Å². The fourth-order valence-corrected chi connectivity index (χ4v) is 4.37. The minimum Gasteiger partial charge on any atom is -0.399 e. The van der Waals surface area contributed by atoms with Crippen molar-refractivity contribution in [1.82, 2.24) is 4.57 Å². The lowest BCUT2D eigenvalue weighted by Gasteiger charge is -2.19. The van der Waals surface area contributed by atoms with Crippen LogP contribution in [0.4, 0.5) is 0 Å². The van der Waals surface area contributed by atoms with Crippen LogP contribution in [-0.4, -0.2) is 23.7 Å². The molecule has 0 aliphatic rings. The topological polar surface area (TPSA) is 60.7 Å². The molecule has 33 heavy (non-hydrogen) atoms. The van der Waals surface area contributed by atoms with E-state index in [2.05, 4.69) is 21.1 Å². The van der Waals surface area contributed by atoms with Crippen molar-refractivity contribution in [2.75, 3.05) is 7.11 Å². The van der Waals surface area contributed by atoms with E-state index in [0.29, 0.717) is 24.0 Å². The van der Waals surface area contributed by atoms with Crippen molar-refractivity contribution in [2.24, 2.45) is 5.16 Å². The molecule has 1 aromatic heterocycles. The van der Waals surface area contributed by atoms with Gasteiger partial charge in [0, 0.05) is 35.0 Å². The Balaban J connectivity index is 1.90. The number of benzene rings is 3. The molecular formula is C27H23BrN2O3. The number of carbonyl (C=O) groups excluding carboxylic acids is 1. The van der Waals surface area contributed by atoms with Crippen LogP contribution >= 0.6 is 15.9 Å². The molecule has 0 atom stereocenters. The van der Waals surface area contributed by atoms with E-state index in [0.717, 1.165) is 32.1 Å². The van der Waals surface area contributed by atoms with Gasteiger partial charge in [-0.2, -0.15) is 0 Å². The number of rotatable bonds is 7. The molecule has 0 spiro atoms. The third-order valence-corrected chi connectivity index (χ3v) is 5.99. The molecule has 0 fully saturated rings. The second-order valence-corrected chi connectivity index (χ2v) is 8.63. The summed E-state index contributed by atoms with van der Waals surface area (Å²) in [6.45, 7) is 1.81. The average molecular weight is 503 g/mol. The molecule has 166 valence electrons. The third-order valence-electron chi connectivity index (χ3n) is 5.50. The van der Waals surface area contributed by atoms with Crippen LogP contribution in [0.5, 0.6) is 0 Å². The van der Waals surface area contributed by atoms with Crippen molar-refractivity contribution in [2.45, 2.75) is 19.9 Å². The largest absolute Gasteiger partial charge is 0.399 e. The zero-order valence-corrected chi connectivity index (χ0v) is 20.0. The zero-order valence-electron chi connectivity index (χ0n) is 18.4. The lowest BCUT2D eigenvalue weighted by Crippen LogP contribution is -2.27. The number of ketones is 1. The van der Waals surface area contributed by atoms with Crippen LogP contribution in [0.2, 0.25) is 0 Å². The zero-order chi connectivity index (χ0) is 23.4. The van der Waals surface area contributed by atoms with Crippen LogP contribution in [0.15, 0.2) is 87.2 Å². The van der Waals surface area contributed by atoms with Crippen molar-refractivity contribution in [3.05, 3.63) is 104 Å². The smallest absolute Gasteiger partial charge is 0.259 e. The first-order valence-corrected chi connectivity index (χ1v) is 11.3. The second-order valence-electron chi connectivity index (χ2n) is 7.72. The number of halogens is 1. The molecule has 5 nitrogen and oxygen atoms in total. The molecule has 0 unspecified atom stereocenters. The number of pyridine rings is 1. The van der Waals surface area contributed by atoms with Crippen molar-refractivity contribution < 1.29 is 9.63 Å². The molecule has 1 heterocycles. The minimum atomic E-state index is -0.182. The maximum atomic E-state index is 13.6. The summed E-state index contributed by atoms with van der Waals surface area (Å²) in [5.74, 6) is -0.153. The molecule has 3 aromatic carbocycles. The molecule has 4 rings (SSSR count). The van der Waals surface area contributed by atoms with Crippen molar-refractivity contribution in [3.63, 3.8) is 0 Å². The summed E-state index contributed by atoms with van der Waals surface area (Å²) < 4.78 is 2.45. The van der Waals surface area contributed by atoms with Crippen LogP contribution in [0, 0.1) is 0 Å². The number of carbonyl (C=O) groups is 1. The first kappa shape index (κ1) is 22.7. The molecule has 6 heteroatoms. The third kappa shape index (κ3) is 4.81. The molecule has 0 aliphatic heterocycles. The Hall–Kier alpha value is -3.51. The number of Topliss-reactive ketones (excluding diaryl/α,β-unsaturated/α-hetero) is 1. The maximum absolute atomic E-state index is 13.6. The van der Waals surface area contributed by atoms with Crippen molar-refractivity contribution in [3.8, 4) is 11.1 Å². The summed E-state index contributed by atoms with van der Waals surface area (Å²) in [5, 5.41) is 5.10. The highest BCUT2D eigenvalue weighted by Crippen LogP contribution is 2.33. The van der Waals surface area contributed by atoms with E-state index in [9.17, 15) is 9.59 Å². The molecule has 0 bridgehead atoms. The van der Waals surface area contributed by atoms with E-state index < -0.39 is 0 Å².